The number of anilines is 1. The third-order valence-corrected chi connectivity index (χ3v) is 4.32. The first-order chi connectivity index (χ1) is 12.8. The lowest BCUT2D eigenvalue weighted by atomic mass is 10.2. The molecule has 0 aliphatic carbocycles. The Morgan fingerprint density at radius 3 is 2.63 bits per heavy atom. The molecule has 1 unspecified atom stereocenters. The number of carbonyl (C=O) groups is 1. The van der Waals surface area contributed by atoms with Gasteiger partial charge in [0, 0.05) is 18.9 Å². The van der Waals surface area contributed by atoms with Gasteiger partial charge in [0.15, 0.2) is 5.82 Å². The van der Waals surface area contributed by atoms with E-state index in [4.69, 9.17) is 11.6 Å². The van der Waals surface area contributed by atoms with Crippen molar-refractivity contribution in [1.82, 2.24) is 10.3 Å². The molecule has 1 atom stereocenters. The van der Waals surface area contributed by atoms with E-state index in [2.05, 4.69) is 10.3 Å². The number of hydrogen-bond acceptors (Lipinski definition) is 3. The molecule has 2 aromatic rings. The maximum atomic E-state index is 12.9. The molecule has 9 heteroatoms. The number of amides is 1. The van der Waals surface area contributed by atoms with Crippen molar-refractivity contribution >= 4 is 23.3 Å². The van der Waals surface area contributed by atoms with E-state index in [0.717, 1.165) is 6.07 Å². The molecule has 142 valence electrons. The first-order valence-corrected chi connectivity index (χ1v) is 8.33. The van der Waals surface area contributed by atoms with Gasteiger partial charge >= 0.3 is 6.18 Å². The van der Waals surface area contributed by atoms with Crippen LogP contribution in [-0.2, 0) is 17.5 Å². The fourth-order valence-corrected chi connectivity index (χ4v) is 2.92. The molecule has 1 aromatic carbocycles. The molecule has 1 aliphatic heterocycles. The number of aromatic nitrogens is 1. The maximum Gasteiger partial charge on any atom is 0.417 e. The molecule has 27 heavy (non-hydrogen) atoms. The Labute approximate surface area is 157 Å². The van der Waals surface area contributed by atoms with Gasteiger partial charge in [-0.2, -0.15) is 13.2 Å². The van der Waals surface area contributed by atoms with Crippen molar-refractivity contribution in [3.63, 3.8) is 0 Å². The van der Waals surface area contributed by atoms with E-state index in [1.54, 1.807) is 24.4 Å². The SMILES string of the molecule is O=C(NCc1ccc(F)cc1)C1CC=CN1c1ncc(C(F)(F)F)cc1Cl. The molecule has 1 aliphatic rings. The lowest BCUT2D eigenvalue weighted by Crippen LogP contribution is -2.42. The number of carbonyl (C=O) groups excluding carboxylic acids is 1. The van der Waals surface area contributed by atoms with Gasteiger partial charge in [0.25, 0.3) is 0 Å². The van der Waals surface area contributed by atoms with Crippen LogP contribution in [0.3, 0.4) is 0 Å². The quantitative estimate of drug-likeness (QED) is 0.780. The highest BCUT2D eigenvalue weighted by molar-refractivity contribution is 6.33. The van der Waals surface area contributed by atoms with Gasteiger partial charge in [0.05, 0.1) is 10.6 Å². The van der Waals surface area contributed by atoms with Gasteiger partial charge in [0.2, 0.25) is 5.91 Å². The first kappa shape index (κ1) is 19.2. The highest BCUT2D eigenvalue weighted by Crippen LogP contribution is 2.35. The van der Waals surface area contributed by atoms with Crippen LogP contribution in [0.25, 0.3) is 0 Å². The number of nitrogens with zero attached hydrogens (tertiary/aromatic N) is 2. The number of alkyl halides is 3. The zero-order valence-corrected chi connectivity index (χ0v) is 14.6. The fraction of sp³-hybridized carbons (Fsp3) is 0.222. The average molecular weight is 400 g/mol. The molecule has 3 rings (SSSR count). The Balaban J connectivity index is 1.72. The van der Waals surface area contributed by atoms with E-state index in [0.29, 0.717) is 18.2 Å². The van der Waals surface area contributed by atoms with Gasteiger partial charge in [-0.15, -0.1) is 0 Å². The van der Waals surface area contributed by atoms with E-state index < -0.39 is 17.8 Å². The van der Waals surface area contributed by atoms with Crippen LogP contribution >= 0.6 is 11.6 Å². The van der Waals surface area contributed by atoms with Crippen LogP contribution in [0.2, 0.25) is 5.02 Å². The number of rotatable bonds is 4. The van der Waals surface area contributed by atoms with Crippen LogP contribution in [0.15, 0.2) is 48.8 Å². The van der Waals surface area contributed by atoms with Gasteiger partial charge in [0.1, 0.15) is 11.9 Å². The van der Waals surface area contributed by atoms with Crippen molar-refractivity contribution < 1.29 is 22.4 Å². The molecule has 1 aromatic heterocycles. The summed E-state index contributed by atoms with van der Waals surface area (Å²) in [6.07, 6.45) is -0.251. The predicted molar refractivity (Wildman–Crippen MR) is 92.5 cm³/mol. The molecular weight excluding hydrogens is 386 g/mol. The van der Waals surface area contributed by atoms with Gasteiger partial charge in [-0.05, 0) is 30.2 Å². The van der Waals surface area contributed by atoms with E-state index in [1.807, 2.05) is 0 Å². The lowest BCUT2D eigenvalue weighted by molar-refractivity contribution is -0.137. The number of pyridine rings is 1. The second-order valence-electron chi connectivity index (χ2n) is 5.91. The summed E-state index contributed by atoms with van der Waals surface area (Å²) in [5.41, 5.74) is -0.246. The minimum absolute atomic E-state index is 0.0698. The zero-order chi connectivity index (χ0) is 19.6. The van der Waals surface area contributed by atoms with Crippen LogP contribution in [0, 0.1) is 5.82 Å². The number of hydrogen-bond donors (Lipinski definition) is 1. The summed E-state index contributed by atoms with van der Waals surface area (Å²) < 4.78 is 51.2. The lowest BCUT2D eigenvalue weighted by Gasteiger charge is -2.25. The summed E-state index contributed by atoms with van der Waals surface area (Å²) in [5.74, 6) is -0.651. The third kappa shape index (κ3) is 4.39. The Bertz CT molecular complexity index is 868. The summed E-state index contributed by atoms with van der Waals surface area (Å²) >= 11 is 5.97. The van der Waals surface area contributed by atoms with Crippen LogP contribution < -0.4 is 10.2 Å². The highest BCUT2D eigenvalue weighted by Gasteiger charge is 2.34. The Morgan fingerprint density at radius 1 is 1.30 bits per heavy atom. The largest absolute Gasteiger partial charge is 0.417 e. The van der Waals surface area contributed by atoms with Crippen molar-refractivity contribution in [1.29, 1.82) is 0 Å². The van der Waals surface area contributed by atoms with E-state index >= 15 is 0 Å². The molecule has 0 spiro atoms. The second kappa shape index (κ2) is 7.56. The molecule has 0 saturated heterocycles. The number of halogens is 5. The van der Waals surface area contributed by atoms with Crippen LogP contribution in [0.5, 0.6) is 0 Å². The average Bonchev–Trinajstić information content (AvgIpc) is 3.09. The smallest absolute Gasteiger partial charge is 0.350 e. The fourth-order valence-electron chi connectivity index (χ4n) is 2.66. The molecule has 4 nitrogen and oxygen atoms in total. The highest BCUT2D eigenvalue weighted by atomic mass is 35.5. The Morgan fingerprint density at radius 2 is 2.00 bits per heavy atom. The summed E-state index contributed by atoms with van der Waals surface area (Å²) in [7, 11) is 0. The van der Waals surface area contributed by atoms with Crippen LogP contribution in [0.1, 0.15) is 17.5 Å². The molecule has 1 N–H and O–H groups in total. The predicted octanol–water partition coefficient (Wildman–Crippen LogP) is 4.30. The van der Waals surface area contributed by atoms with E-state index in [-0.39, 0.29) is 29.1 Å². The third-order valence-electron chi connectivity index (χ3n) is 4.04. The van der Waals surface area contributed by atoms with E-state index in [1.165, 1.54) is 17.0 Å². The number of nitrogens with one attached hydrogen (secondary N) is 1. The summed E-state index contributed by atoms with van der Waals surface area (Å²) in [5, 5.41) is 2.52. The normalized spacial score (nSPS) is 16.6. The molecule has 0 bridgehead atoms. The monoisotopic (exact) mass is 399 g/mol. The standard InChI is InChI=1S/C18H14ClF4N3O/c19-14-8-12(18(21,22)23)10-24-16(14)26-7-1-2-15(26)17(27)25-9-11-3-5-13(20)6-4-11/h1,3-8,10,15H,2,9H2,(H,25,27). The van der Waals surface area contributed by atoms with Gasteiger partial charge in [-0.25, -0.2) is 9.37 Å². The summed E-state index contributed by atoms with van der Waals surface area (Å²) in [4.78, 5) is 17.7. The van der Waals surface area contributed by atoms with Gasteiger partial charge in [-0.1, -0.05) is 29.8 Å². The van der Waals surface area contributed by atoms with Crippen molar-refractivity contribution in [2.75, 3.05) is 4.90 Å². The maximum absolute atomic E-state index is 12.9. The van der Waals surface area contributed by atoms with E-state index in [9.17, 15) is 22.4 Å². The van der Waals surface area contributed by atoms with Crippen LogP contribution in [-0.4, -0.2) is 16.9 Å². The zero-order valence-electron chi connectivity index (χ0n) is 13.8. The minimum atomic E-state index is -4.55. The molecule has 0 saturated carbocycles. The van der Waals surface area contributed by atoms with Gasteiger partial charge < -0.3 is 10.2 Å². The van der Waals surface area contributed by atoms with Crippen LogP contribution in [0.4, 0.5) is 23.4 Å². The first-order valence-electron chi connectivity index (χ1n) is 7.95. The summed E-state index contributed by atoms with van der Waals surface area (Å²) in [6.45, 7) is 0.192. The Kier molecular flexibility index (Phi) is 5.36. The number of benzene rings is 1. The van der Waals surface area contributed by atoms with Crippen molar-refractivity contribution in [3.05, 3.63) is 70.8 Å². The summed E-state index contributed by atoms with van der Waals surface area (Å²) in [6, 6.07) is 5.77. The minimum Gasteiger partial charge on any atom is -0.350 e. The molecule has 1 amide bonds. The van der Waals surface area contributed by atoms with Gasteiger partial charge in [-0.3, -0.25) is 4.79 Å². The Hall–Kier alpha value is -2.61. The van der Waals surface area contributed by atoms with Crippen molar-refractivity contribution in [2.24, 2.45) is 0 Å². The molecule has 0 fully saturated rings. The topological polar surface area (TPSA) is 45.2 Å². The second-order valence-corrected chi connectivity index (χ2v) is 6.32. The molecule has 2 heterocycles. The molecular formula is C18H14ClF4N3O. The molecule has 0 radical (unpaired) electrons. The van der Waals surface area contributed by atoms with Crippen molar-refractivity contribution in [3.8, 4) is 0 Å². The van der Waals surface area contributed by atoms with Crippen molar-refractivity contribution in [2.45, 2.75) is 25.2 Å².